The summed E-state index contributed by atoms with van der Waals surface area (Å²) in [6, 6.07) is 6.45. The Labute approximate surface area is 154 Å². The Morgan fingerprint density at radius 3 is 2.73 bits per heavy atom. The van der Waals surface area contributed by atoms with Gasteiger partial charge in [0.2, 0.25) is 0 Å². The van der Waals surface area contributed by atoms with Gasteiger partial charge in [0.1, 0.15) is 5.82 Å². The van der Waals surface area contributed by atoms with Gasteiger partial charge < -0.3 is 5.11 Å². The molecule has 1 aliphatic heterocycles. The van der Waals surface area contributed by atoms with Gasteiger partial charge in [-0.3, -0.25) is 9.58 Å². The van der Waals surface area contributed by atoms with Crippen LogP contribution in [0, 0.1) is 24.6 Å². The van der Waals surface area contributed by atoms with Crippen LogP contribution in [0.1, 0.15) is 43.0 Å². The summed E-state index contributed by atoms with van der Waals surface area (Å²) >= 11 is 0. The summed E-state index contributed by atoms with van der Waals surface area (Å²) in [6.45, 7) is 7.85. The van der Waals surface area contributed by atoms with Gasteiger partial charge in [-0.25, -0.2) is 4.39 Å². The third-order valence-corrected chi connectivity index (χ3v) is 6.37. The topological polar surface area (TPSA) is 41.3 Å². The van der Waals surface area contributed by atoms with Crippen molar-refractivity contribution >= 4 is 0 Å². The summed E-state index contributed by atoms with van der Waals surface area (Å²) in [4.78, 5) is 2.46. The predicted molar refractivity (Wildman–Crippen MR) is 99.0 cm³/mol. The molecule has 140 valence electrons. The molecule has 1 saturated carbocycles. The average molecular weight is 357 g/mol. The minimum Gasteiger partial charge on any atom is -0.385 e. The number of hydrogen-bond donors (Lipinski definition) is 1. The Bertz CT molecular complexity index is 772. The quantitative estimate of drug-likeness (QED) is 0.911. The maximum Gasteiger partial charge on any atom is 0.123 e. The van der Waals surface area contributed by atoms with Gasteiger partial charge in [-0.1, -0.05) is 12.1 Å². The first-order valence-electron chi connectivity index (χ1n) is 9.73. The van der Waals surface area contributed by atoms with Crippen molar-refractivity contribution in [3.63, 3.8) is 0 Å². The number of benzene rings is 1. The highest BCUT2D eigenvalue weighted by atomic mass is 19.1. The van der Waals surface area contributed by atoms with E-state index in [2.05, 4.69) is 30.0 Å². The molecule has 0 bridgehead atoms. The molecule has 2 aliphatic rings. The lowest BCUT2D eigenvalue weighted by Gasteiger charge is -2.41. The van der Waals surface area contributed by atoms with Crippen molar-refractivity contribution in [2.24, 2.45) is 11.8 Å². The number of halogens is 1. The third kappa shape index (κ3) is 3.08. The Hall–Kier alpha value is -1.72. The number of rotatable bonds is 4. The largest absolute Gasteiger partial charge is 0.385 e. The maximum absolute atomic E-state index is 13.3. The van der Waals surface area contributed by atoms with E-state index in [0.717, 1.165) is 56.7 Å². The first-order valence-corrected chi connectivity index (χ1v) is 9.73. The van der Waals surface area contributed by atoms with Gasteiger partial charge in [0.05, 0.1) is 11.3 Å². The van der Waals surface area contributed by atoms with Crippen LogP contribution in [0.3, 0.4) is 0 Å². The van der Waals surface area contributed by atoms with E-state index >= 15 is 0 Å². The van der Waals surface area contributed by atoms with Crippen LogP contribution in [0.15, 0.2) is 30.5 Å². The third-order valence-electron chi connectivity index (χ3n) is 6.37. The summed E-state index contributed by atoms with van der Waals surface area (Å²) < 4.78 is 15.3. The van der Waals surface area contributed by atoms with Crippen molar-refractivity contribution in [2.45, 2.75) is 51.8 Å². The van der Waals surface area contributed by atoms with Crippen LogP contribution in [0.25, 0.3) is 0 Å². The number of hydrogen-bond acceptors (Lipinski definition) is 3. The number of likely N-dealkylation sites (tertiary alicyclic amines) is 1. The lowest BCUT2D eigenvalue weighted by atomic mass is 9.67. The van der Waals surface area contributed by atoms with Crippen LogP contribution in [-0.2, 0) is 18.7 Å². The number of aromatic nitrogens is 2. The molecule has 1 aromatic heterocycles. The van der Waals surface area contributed by atoms with E-state index in [1.165, 1.54) is 17.7 Å². The second kappa shape index (κ2) is 6.78. The molecule has 26 heavy (non-hydrogen) atoms. The molecule has 1 N–H and O–H groups in total. The highest BCUT2D eigenvalue weighted by Crippen LogP contribution is 2.48. The van der Waals surface area contributed by atoms with Crippen molar-refractivity contribution in [3.8, 4) is 0 Å². The van der Waals surface area contributed by atoms with Crippen LogP contribution >= 0.6 is 0 Å². The van der Waals surface area contributed by atoms with Gasteiger partial charge in [0.15, 0.2) is 0 Å². The minimum atomic E-state index is -0.839. The average Bonchev–Trinajstić information content (AvgIpc) is 3.20. The van der Waals surface area contributed by atoms with Crippen molar-refractivity contribution in [1.82, 2.24) is 14.7 Å². The Balaban J connectivity index is 1.54. The van der Waals surface area contributed by atoms with Crippen LogP contribution in [0.5, 0.6) is 0 Å². The lowest BCUT2D eigenvalue weighted by molar-refractivity contribution is -0.0648. The molecule has 0 amide bonds. The van der Waals surface area contributed by atoms with E-state index in [-0.39, 0.29) is 11.7 Å². The minimum absolute atomic E-state index is 0.211. The molecular weight excluding hydrogens is 329 g/mol. The van der Waals surface area contributed by atoms with E-state index in [0.29, 0.717) is 5.92 Å². The number of nitrogens with zero attached hydrogens (tertiary/aromatic N) is 3. The van der Waals surface area contributed by atoms with Gasteiger partial charge in [0, 0.05) is 43.9 Å². The molecule has 3 atom stereocenters. The van der Waals surface area contributed by atoms with Gasteiger partial charge in [-0.2, -0.15) is 5.10 Å². The zero-order valence-electron chi connectivity index (χ0n) is 15.7. The Morgan fingerprint density at radius 2 is 2.04 bits per heavy atom. The standard InChI is InChI=1S/C21H28FN3O/c1-3-25-13-17(15(2)23-25)12-24-11-16-5-4-10-21(26,20(16)14-24)18-6-8-19(22)9-7-18/h6-9,13,16,20,26H,3-5,10-12,14H2,1-2H3/t16-,20-,21-/m0/s1. The van der Waals surface area contributed by atoms with E-state index in [1.807, 2.05) is 4.68 Å². The van der Waals surface area contributed by atoms with Crippen LogP contribution in [0.4, 0.5) is 4.39 Å². The van der Waals surface area contributed by atoms with Gasteiger partial charge in [-0.15, -0.1) is 0 Å². The molecule has 1 aromatic carbocycles. The van der Waals surface area contributed by atoms with Gasteiger partial charge in [-0.05, 0) is 56.7 Å². The fraction of sp³-hybridized carbons (Fsp3) is 0.571. The fourth-order valence-electron chi connectivity index (χ4n) is 4.96. The number of aryl methyl sites for hydroxylation is 2. The van der Waals surface area contributed by atoms with E-state index in [1.54, 1.807) is 12.1 Å². The normalized spacial score (nSPS) is 29.1. The second-order valence-corrected chi connectivity index (χ2v) is 7.98. The van der Waals surface area contributed by atoms with Crippen molar-refractivity contribution in [1.29, 1.82) is 0 Å². The molecule has 5 heteroatoms. The lowest BCUT2D eigenvalue weighted by Crippen LogP contribution is -2.42. The molecule has 0 unspecified atom stereocenters. The Morgan fingerprint density at radius 1 is 1.27 bits per heavy atom. The molecular formula is C21H28FN3O. The van der Waals surface area contributed by atoms with E-state index < -0.39 is 5.60 Å². The van der Waals surface area contributed by atoms with Crippen molar-refractivity contribution in [3.05, 3.63) is 53.1 Å². The zero-order valence-corrected chi connectivity index (χ0v) is 15.7. The SMILES string of the molecule is CCn1cc(CN2C[C@@H]3CCC[C@](O)(c4ccc(F)cc4)[C@H]3C2)c(C)n1. The van der Waals surface area contributed by atoms with Crippen molar-refractivity contribution in [2.75, 3.05) is 13.1 Å². The zero-order chi connectivity index (χ0) is 18.3. The van der Waals surface area contributed by atoms with E-state index in [9.17, 15) is 9.50 Å². The molecule has 2 aromatic rings. The summed E-state index contributed by atoms with van der Waals surface area (Å²) in [7, 11) is 0. The molecule has 0 spiro atoms. The van der Waals surface area contributed by atoms with Crippen LogP contribution < -0.4 is 0 Å². The first kappa shape index (κ1) is 17.7. The molecule has 0 radical (unpaired) electrons. The highest BCUT2D eigenvalue weighted by molar-refractivity contribution is 5.26. The monoisotopic (exact) mass is 357 g/mol. The van der Waals surface area contributed by atoms with Crippen LogP contribution in [-0.4, -0.2) is 32.9 Å². The molecule has 4 rings (SSSR count). The molecule has 2 fully saturated rings. The van der Waals surface area contributed by atoms with Gasteiger partial charge >= 0.3 is 0 Å². The summed E-state index contributed by atoms with van der Waals surface area (Å²) in [5.41, 5.74) is 2.39. The number of fused-ring (bicyclic) bond motifs is 1. The Kier molecular flexibility index (Phi) is 4.61. The fourth-order valence-corrected chi connectivity index (χ4v) is 4.96. The van der Waals surface area contributed by atoms with Crippen molar-refractivity contribution < 1.29 is 9.50 Å². The maximum atomic E-state index is 13.3. The van der Waals surface area contributed by atoms with E-state index in [4.69, 9.17) is 0 Å². The summed E-state index contributed by atoms with van der Waals surface area (Å²) in [5, 5.41) is 16.1. The first-order chi connectivity index (χ1) is 12.5. The smallest absolute Gasteiger partial charge is 0.123 e. The summed E-state index contributed by atoms with van der Waals surface area (Å²) in [5.74, 6) is 0.463. The molecule has 1 saturated heterocycles. The molecule has 4 nitrogen and oxygen atoms in total. The second-order valence-electron chi connectivity index (χ2n) is 7.98. The number of aliphatic hydroxyl groups is 1. The predicted octanol–water partition coefficient (Wildman–Crippen LogP) is 3.47. The van der Waals surface area contributed by atoms with Gasteiger partial charge in [0.25, 0.3) is 0 Å². The molecule has 1 aliphatic carbocycles. The van der Waals surface area contributed by atoms with Crippen LogP contribution in [0.2, 0.25) is 0 Å². The summed E-state index contributed by atoms with van der Waals surface area (Å²) in [6.07, 6.45) is 5.09. The molecule has 2 heterocycles. The highest BCUT2D eigenvalue weighted by Gasteiger charge is 2.49.